The van der Waals surface area contributed by atoms with Gasteiger partial charge in [0.2, 0.25) is 0 Å². The molecule has 1 aromatic heterocycles. The van der Waals surface area contributed by atoms with Gasteiger partial charge >= 0.3 is 0 Å². The number of benzene rings is 1. The highest BCUT2D eigenvalue weighted by atomic mass is 79.9. The van der Waals surface area contributed by atoms with Gasteiger partial charge in [-0.2, -0.15) is 0 Å². The highest BCUT2D eigenvalue weighted by Crippen LogP contribution is 2.32. The fourth-order valence-electron chi connectivity index (χ4n) is 1.98. The molecule has 0 fully saturated rings. The van der Waals surface area contributed by atoms with Crippen LogP contribution in [0.1, 0.15) is 28.5 Å². The summed E-state index contributed by atoms with van der Waals surface area (Å²) in [4.78, 5) is 15.9. The molecule has 0 saturated carbocycles. The van der Waals surface area contributed by atoms with Gasteiger partial charge in [0.25, 0.3) is 5.69 Å². The summed E-state index contributed by atoms with van der Waals surface area (Å²) in [6.45, 7) is 6.02. The van der Waals surface area contributed by atoms with Gasteiger partial charge in [0.15, 0.2) is 0 Å². The van der Waals surface area contributed by atoms with E-state index >= 15 is 0 Å². The molecule has 1 aromatic carbocycles. The summed E-state index contributed by atoms with van der Waals surface area (Å²) in [5.74, 6) is 0. The number of nitrogens with zero attached hydrogens (tertiary/aromatic N) is 2. The lowest BCUT2D eigenvalue weighted by Crippen LogP contribution is -2.07. The number of thiazole rings is 1. The lowest BCUT2D eigenvalue weighted by molar-refractivity contribution is -0.384. The summed E-state index contributed by atoms with van der Waals surface area (Å²) < 4.78 is 0.678. The van der Waals surface area contributed by atoms with Crippen molar-refractivity contribution in [2.45, 2.75) is 26.8 Å². The first kappa shape index (κ1) is 14.9. The quantitative estimate of drug-likeness (QED) is 0.642. The summed E-state index contributed by atoms with van der Waals surface area (Å²) in [6, 6.07) is 4.80. The maximum Gasteiger partial charge on any atom is 0.270 e. The molecule has 5 nitrogen and oxygen atoms in total. The molecule has 0 aliphatic rings. The van der Waals surface area contributed by atoms with Gasteiger partial charge in [0.1, 0.15) is 0 Å². The summed E-state index contributed by atoms with van der Waals surface area (Å²) in [7, 11) is 0. The first-order valence-electron chi connectivity index (χ1n) is 6.03. The van der Waals surface area contributed by atoms with Gasteiger partial charge in [-0.3, -0.25) is 10.1 Å². The van der Waals surface area contributed by atoms with Crippen molar-refractivity contribution in [1.29, 1.82) is 0 Å². The molecule has 1 N–H and O–H groups in total. The van der Waals surface area contributed by atoms with E-state index < -0.39 is 4.92 Å². The molecule has 0 aliphatic carbocycles. The van der Waals surface area contributed by atoms with Crippen molar-refractivity contribution in [1.82, 2.24) is 4.98 Å². The molecule has 0 saturated heterocycles. The molecule has 2 rings (SSSR count). The molecule has 0 amide bonds. The van der Waals surface area contributed by atoms with Crippen molar-refractivity contribution in [3.05, 3.63) is 48.4 Å². The van der Waals surface area contributed by atoms with Crippen LogP contribution in [0.2, 0.25) is 0 Å². The van der Waals surface area contributed by atoms with E-state index in [4.69, 9.17) is 0 Å². The first-order chi connectivity index (χ1) is 9.38. The number of hydrogen-bond donors (Lipinski definition) is 1. The van der Waals surface area contributed by atoms with E-state index in [1.807, 2.05) is 20.8 Å². The Bertz CT molecular complexity index is 657. The maximum atomic E-state index is 10.7. The zero-order chi connectivity index (χ0) is 14.9. The summed E-state index contributed by atoms with van der Waals surface area (Å²) in [5.41, 5.74) is 1.92. The minimum Gasteiger partial charge on any atom is -0.377 e. The van der Waals surface area contributed by atoms with Crippen LogP contribution in [0.4, 0.5) is 11.4 Å². The van der Waals surface area contributed by atoms with Crippen molar-refractivity contribution in [3.63, 3.8) is 0 Å². The van der Waals surface area contributed by atoms with Crippen LogP contribution >= 0.6 is 27.3 Å². The average Bonchev–Trinajstić information content (AvgIpc) is 2.70. The van der Waals surface area contributed by atoms with Gasteiger partial charge in [0, 0.05) is 27.2 Å². The Morgan fingerprint density at radius 2 is 2.15 bits per heavy atom. The molecule has 1 atom stereocenters. The number of nitro benzene ring substituents is 1. The SMILES string of the molecule is Cc1nc(C)c(C(C)Nc2ccc([N+](=O)[O-])cc2Br)s1. The number of nitrogens with one attached hydrogen (secondary N) is 1. The van der Waals surface area contributed by atoms with Crippen molar-refractivity contribution in [2.24, 2.45) is 0 Å². The Balaban J connectivity index is 2.22. The van der Waals surface area contributed by atoms with E-state index in [0.29, 0.717) is 4.47 Å². The van der Waals surface area contributed by atoms with Crippen LogP contribution in [0.25, 0.3) is 0 Å². The lowest BCUT2D eigenvalue weighted by Gasteiger charge is -2.15. The number of aromatic nitrogens is 1. The predicted molar refractivity (Wildman–Crippen MR) is 84.4 cm³/mol. The molecule has 106 valence electrons. The number of non-ortho nitro benzene ring substituents is 1. The molecule has 7 heteroatoms. The monoisotopic (exact) mass is 355 g/mol. The smallest absolute Gasteiger partial charge is 0.270 e. The third-order valence-electron chi connectivity index (χ3n) is 2.87. The van der Waals surface area contributed by atoms with Crippen LogP contribution in [-0.2, 0) is 0 Å². The maximum absolute atomic E-state index is 10.7. The average molecular weight is 356 g/mol. The number of rotatable bonds is 4. The van der Waals surface area contributed by atoms with Crippen LogP contribution in [0.3, 0.4) is 0 Å². The predicted octanol–water partition coefficient (Wildman–Crippen LogP) is 4.60. The fourth-order valence-corrected chi connectivity index (χ4v) is 3.39. The number of hydrogen-bond acceptors (Lipinski definition) is 5. The van der Waals surface area contributed by atoms with Crippen molar-refractivity contribution < 1.29 is 4.92 Å². The zero-order valence-electron chi connectivity index (χ0n) is 11.3. The van der Waals surface area contributed by atoms with E-state index in [1.165, 1.54) is 17.0 Å². The van der Waals surface area contributed by atoms with Gasteiger partial charge in [-0.25, -0.2) is 4.98 Å². The van der Waals surface area contributed by atoms with Crippen LogP contribution in [0.5, 0.6) is 0 Å². The Morgan fingerprint density at radius 1 is 1.45 bits per heavy atom. The van der Waals surface area contributed by atoms with E-state index in [-0.39, 0.29) is 11.7 Å². The van der Waals surface area contributed by atoms with Gasteiger partial charge in [-0.1, -0.05) is 0 Å². The minimum absolute atomic E-state index is 0.0693. The van der Waals surface area contributed by atoms with Crippen LogP contribution in [0, 0.1) is 24.0 Å². The zero-order valence-corrected chi connectivity index (χ0v) is 13.7. The second kappa shape index (κ2) is 5.88. The third kappa shape index (κ3) is 3.16. The molecule has 2 aromatic rings. The Morgan fingerprint density at radius 3 is 2.65 bits per heavy atom. The second-order valence-electron chi connectivity index (χ2n) is 4.47. The van der Waals surface area contributed by atoms with Crippen molar-refractivity contribution in [3.8, 4) is 0 Å². The summed E-state index contributed by atoms with van der Waals surface area (Å²) >= 11 is 5.02. The van der Waals surface area contributed by atoms with E-state index in [1.54, 1.807) is 17.4 Å². The molecule has 0 bridgehead atoms. The Labute approximate surface area is 129 Å². The molecule has 1 unspecified atom stereocenters. The molecular weight excluding hydrogens is 342 g/mol. The van der Waals surface area contributed by atoms with Crippen LogP contribution < -0.4 is 5.32 Å². The number of anilines is 1. The van der Waals surface area contributed by atoms with Crippen LogP contribution in [0.15, 0.2) is 22.7 Å². The van der Waals surface area contributed by atoms with Gasteiger partial charge in [0.05, 0.1) is 21.7 Å². The minimum atomic E-state index is -0.408. The van der Waals surface area contributed by atoms with Gasteiger partial charge < -0.3 is 5.32 Å². The van der Waals surface area contributed by atoms with E-state index in [2.05, 4.69) is 26.2 Å². The van der Waals surface area contributed by atoms with Gasteiger partial charge in [-0.15, -0.1) is 11.3 Å². The highest BCUT2D eigenvalue weighted by molar-refractivity contribution is 9.10. The fraction of sp³-hybridized carbons (Fsp3) is 0.308. The molecule has 1 heterocycles. The molecule has 0 spiro atoms. The summed E-state index contributed by atoms with van der Waals surface area (Å²) in [5, 5.41) is 15.1. The van der Waals surface area contributed by atoms with E-state index in [0.717, 1.165) is 16.4 Å². The summed E-state index contributed by atoms with van der Waals surface area (Å²) in [6.07, 6.45) is 0. The van der Waals surface area contributed by atoms with Crippen molar-refractivity contribution >= 4 is 38.6 Å². The largest absolute Gasteiger partial charge is 0.377 e. The normalized spacial score (nSPS) is 12.2. The molecule has 20 heavy (non-hydrogen) atoms. The highest BCUT2D eigenvalue weighted by Gasteiger charge is 2.15. The first-order valence-corrected chi connectivity index (χ1v) is 7.64. The number of halogens is 1. The van der Waals surface area contributed by atoms with Crippen molar-refractivity contribution in [2.75, 3.05) is 5.32 Å². The number of nitro groups is 1. The standard InChI is InChI=1S/C13H14BrN3O2S/c1-7-13(20-9(3)15-7)8(2)16-12-5-4-10(17(18)19)6-11(12)14/h4-6,8,16H,1-3H3. The third-order valence-corrected chi connectivity index (χ3v) is 4.78. The Kier molecular flexibility index (Phi) is 4.39. The Hall–Kier alpha value is -1.47. The van der Waals surface area contributed by atoms with Gasteiger partial charge in [-0.05, 0) is 42.8 Å². The van der Waals surface area contributed by atoms with E-state index in [9.17, 15) is 10.1 Å². The molecule has 0 aliphatic heterocycles. The van der Waals surface area contributed by atoms with Crippen LogP contribution in [-0.4, -0.2) is 9.91 Å². The molecular formula is C13H14BrN3O2S. The second-order valence-corrected chi connectivity index (χ2v) is 6.56. The molecule has 0 radical (unpaired) electrons. The topological polar surface area (TPSA) is 68.1 Å². The number of aryl methyl sites for hydroxylation is 2. The lowest BCUT2D eigenvalue weighted by atomic mass is 10.2.